The Morgan fingerprint density at radius 1 is 0.333 bits per heavy atom. The Labute approximate surface area is 275 Å². The summed E-state index contributed by atoms with van der Waals surface area (Å²) in [6.07, 6.45) is 0. The zero-order valence-corrected chi connectivity index (χ0v) is 23.6. The van der Waals surface area contributed by atoms with E-state index in [1.807, 2.05) is 0 Å². The number of aliphatic carboxylic acids is 6. The van der Waals surface area contributed by atoms with Gasteiger partial charge in [-0.15, -0.1) is 0 Å². The molecule has 0 aliphatic heterocycles. The average Bonchev–Trinajstić information content (AvgIpc) is 2.69. The Morgan fingerprint density at radius 3 is 0.364 bits per heavy atom. The predicted octanol–water partition coefficient (Wildman–Crippen LogP) is -14.8. The summed E-state index contributed by atoms with van der Waals surface area (Å²) in [5.41, 5.74) is 0. The summed E-state index contributed by atoms with van der Waals surface area (Å²) in [6.45, 7) is -5.33. The van der Waals surface area contributed by atoms with Crippen molar-refractivity contribution in [1.82, 2.24) is 0 Å². The zero-order valence-electron chi connectivity index (χ0n) is 16.9. The summed E-state index contributed by atoms with van der Waals surface area (Å²) >= 11 is 0. The molecule has 0 heterocycles. The van der Waals surface area contributed by atoms with Gasteiger partial charge >= 0.3 is 113 Å². The molecule has 0 aliphatic rings. The van der Waals surface area contributed by atoms with E-state index in [1.54, 1.807) is 0 Å². The summed E-state index contributed by atoms with van der Waals surface area (Å²) < 4.78 is 0. The molecule has 180 valence electrons. The van der Waals surface area contributed by atoms with Gasteiger partial charge < -0.3 is 90.0 Å². The van der Waals surface area contributed by atoms with Gasteiger partial charge in [-0.1, -0.05) is 0 Å². The molecule has 0 saturated carbocycles. The third kappa shape index (κ3) is 195. The van der Waals surface area contributed by atoms with Gasteiger partial charge in [0.2, 0.25) is 0 Å². The normalized spacial score (nSPS) is 6.73. The van der Waals surface area contributed by atoms with Crippen molar-refractivity contribution in [2.24, 2.45) is 0 Å². The number of hydrogen-bond donors (Lipinski definition) is 6. The fourth-order valence-corrected chi connectivity index (χ4v) is 0. The van der Waals surface area contributed by atoms with E-state index in [2.05, 4.69) is 0 Å². The van der Waals surface area contributed by atoms with E-state index in [1.165, 1.54) is 0 Å². The Balaban J connectivity index is -0.0000000294. The third-order valence-electron chi connectivity index (χ3n) is 0.775. The van der Waals surface area contributed by atoms with E-state index in [0.717, 1.165) is 0 Å². The van der Waals surface area contributed by atoms with Crippen molar-refractivity contribution in [3.63, 3.8) is 0 Å². The maximum Gasteiger partial charge on any atom is 2.00 e. The van der Waals surface area contributed by atoms with Crippen LogP contribution in [0.1, 0.15) is 0 Å². The molecule has 0 fully saturated rings. The number of carbonyl (C=O) groups is 6. The summed E-state index contributed by atoms with van der Waals surface area (Å²) in [4.78, 5) is 54.0. The molecular weight excluding hydrogens is 552 g/mol. The molecule has 0 aromatic carbocycles. The molecule has 0 unspecified atom stereocenters. The first-order valence-electron chi connectivity index (χ1n) is 6.47. The number of aliphatic hydroxyl groups is 6. The predicted molar refractivity (Wildman–Crippen MR) is 89.8 cm³/mol. The smallest absolute Gasteiger partial charge is 0.548 e. The van der Waals surface area contributed by atoms with Crippen molar-refractivity contribution in [3.05, 3.63) is 0 Å². The quantitative estimate of drug-likeness (QED) is 0.161. The SMILES string of the molecule is O=C([O-])CO.O=C([O-])CO.O=C([O-])CO.O=C([O-])CO.O=C([O-])CO.O=C([O-])CO.[Ca+2].[Ca+2].[Ca+2]. The fourth-order valence-electron chi connectivity index (χ4n) is 0. The van der Waals surface area contributed by atoms with Crippen LogP contribution in [0.5, 0.6) is 0 Å². The van der Waals surface area contributed by atoms with E-state index in [9.17, 15) is 0 Å². The van der Waals surface area contributed by atoms with Crippen LogP contribution in [-0.2, 0) is 28.8 Å². The third-order valence-corrected chi connectivity index (χ3v) is 0.775. The van der Waals surface area contributed by atoms with E-state index < -0.39 is 75.5 Å². The van der Waals surface area contributed by atoms with Crippen LogP contribution >= 0.6 is 0 Å². The van der Waals surface area contributed by atoms with Crippen molar-refractivity contribution in [1.29, 1.82) is 0 Å². The zero-order chi connectivity index (χ0) is 25.7. The maximum absolute atomic E-state index is 9.01. The van der Waals surface area contributed by atoms with Crippen molar-refractivity contribution >= 4 is 149 Å². The fraction of sp³-hybridized carbons (Fsp3) is 0.500. The van der Waals surface area contributed by atoms with Crippen molar-refractivity contribution < 1.29 is 90.0 Å². The van der Waals surface area contributed by atoms with Crippen molar-refractivity contribution in [2.45, 2.75) is 0 Å². The molecule has 0 aromatic rings. The first kappa shape index (κ1) is 58.9. The van der Waals surface area contributed by atoms with Crippen molar-refractivity contribution in [3.8, 4) is 0 Å². The van der Waals surface area contributed by atoms with Crippen LogP contribution in [0.4, 0.5) is 0 Å². The Kier molecular flexibility index (Phi) is 95.7. The summed E-state index contributed by atoms with van der Waals surface area (Å²) in [5.74, 6) is -8.64. The number of carboxylic acid groups (broad SMARTS) is 6. The molecule has 0 aliphatic carbocycles. The molecule has 33 heavy (non-hydrogen) atoms. The van der Waals surface area contributed by atoms with Crippen LogP contribution in [0.25, 0.3) is 0 Å². The second-order valence-corrected chi connectivity index (χ2v) is 3.18. The summed E-state index contributed by atoms with van der Waals surface area (Å²) in [7, 11) is 0. The Morgan fingerprint density at radius 2 is 0.364 bits per heavy atom. The van der Waals surface area contributed by atoms with E-state index >= 15 is 0 Å². The summed E-state index contributed by atoms with van der Waals surface area (Å²) in [6, 6.07) is 0. The van der Waals surface area contributed by atoms with Gasteiger partial charge in [0.25, 0.3) is 0 Å². The van der Waals surface area contributed by atoms with Gasteiger partial charge in [0.15, 0.2) is 0 Å². The minimum absolute atomic E-state index is 0. The molecule has 0 bridgehead atoms. The van der Waals surface area contributed by atoms with Crippen LogP contribution in [0.3, 0.4) is 0 Å². The molecule has 21 heteroatoms. The molecule has 0 saturated heterocycles. The van der Waals surface area contributed by atoms with Gasteiger partial charge in [0, 0.05) is 0 Å². The molecular formula is C12H18Ca3O18. The van der Waals surface area contributed by atoms with Crippen LogP contribution in [0.15, 0.2) is 0 Å². The minimum Gasteiger partial charge on any atom is -0.548 e. The van der Waals surface area contributed by atoms with Crippen LogP contribution < -0.4 is 30.6 Å². The molecule has 0 amide bonds. The van der Waals surface area contributed by atoms with E-state index in [-0.39, 0.29) is 113 Å². The monoisotopic (exact) mass is 570 g/mol. The average molecular weight is 570 g/mol. The molecule has 0 rings (SSSR count). The second-order valence-electron chi connectivity index (χ2n) is 3.18. The van der Waals surface area contributed by atoms with Crippen LogP contribution in [-0.4, -0.2) is 219 Å². The van der Waals surface area contributed by atoms with Crippen molar-refractivity contribution in [2.75, 3.05) is 39.6 Å². The van der Waals surface area contributed by atoms with Crippen LogP contribution in [0.2, 0.25) is 0 Å². The number of rotatable bonds is 6. The number of carbonyl (C=O) groups excluding carboxylic acids is 6. The minimum atomic E-state index is -1.44. The largest absolute Gasteiger partial charge is 2.00 e. The number of carboxylic acids is 6. The molecule has 0 atom stereocenters. The van der Waals surface area contributed by atoms with Gasteiger partial charge in [0.05, 0.1) is 75.5 Å². The van der Waals surface area contributed by atoms with Gasteiger partial charge in [-0.3, -0.25) is 0 Å². The van der Waals surface area contributed by atoms with Gasteiger partial charge in [-0.2, -0.15) is 0 Å². The number of aliphatic hydroxyl groups excluding tert-OH is 6. The van der Waals surface area contributed by atoms with E-state index in [4.69, 9.17) is 90.0 Å². The Hall–Kier alpha value is 0.359. The van der Waals surface area contributed by atoms with Gasteiger partial charge in [-0.25, -0.2) is 0 Å². The topological polar surface area (TPSA) is 362 Å². The van der Waals surface area contributed by atoms with Crippen LogP contribution in [0, 0.1) is 0 Å². The number of hydrogen-bond acceptors (Lipinski definition) is 18. The van der Waals surface area contributed by atoms with E-state index in [0.29, 0.717) is 0 Å². The molecule has 0 radical (unpaired) electrons. The first-order valence-corrected chi connectivity index (χ1v) is 6.47. The molecule has 0 aromatic heterocycles. The standard InChI is InChI=1S/6C2H4O3.3Ca/c6*3-1-2(4)5;;;/h6*3H,1H2,(H,4,5);;;/q;;;;;;3*+2/p-6. The second kappa shape index (κ2) is 53.6. The van der Waals surface area contributed by atoms with Gasteiger partial charge in [-0.05, 0) is 0 Å². The van der Waals surface area contributed by atoms with Gasteiger partial charge in [0.1, 0.15) is 0 Å². The summed E-state index contributed by atoms with van der Waals surface area (Å²) in [5, 5.41) is 98.9. The first-order chi connectivity index (χ1) is 13.6. The molecule has 6 N–H and O–H groups in total. The molecule has 0 spiro atoms. The molecule has 18 nitrogen and oxygen atoms in total. The Bertz CT molecular complexity index is 364. The maximum atomic E-state index is 9.01.